The van der Waals surface area contributed by atoms with Gasteiger partial charge in [0, 0.05) is 0 Å². The first kappa shape index (κ1) is 10.8. The lowest BCUT2D eigenvalue weighted by atomic mass is 10.2. The maximum atomic E-state index is 4.69. The van der Waals surface area contributed by atoms with Crippen molar-refractivity contribution in [1.29, 1.82) is 0 Å². The van der Waals surface area contributed by atoms with Gasteiger partial charge >= 0.3 is 0 Å². The number of nitrogens with zero attached hydrogens (tertiary/aromatic N) is 3. The van der Waals surface area contributed by atoms with Gasteiger partial charge in [0.1, 0.15) is 16.9 Å². The molecular weight excluding hydrogens is 276 g/mol. The number of rotatable bonds is 2. The van der Waals surface area contributed by atoms with E-state index in [-0.39, 0.29) is 0 Å². The molecule has 92 valence electrons. The topological polar surface area (TPSA) is 54.5 Å². The number of aromatic amines is 1. The van der Waals surface area contributed by atoms with E-state index in [4.69, 9.17) is 4.98 Å². The van der Waals surface area contributed by atoms with Gasteiger partial charge in [-0.25, -0.2) is 9.97 Å². The van der Waals surface area contributed by atoms with Crippen molar-refractivity contribution >= 4 is 33.8 Å². The van der Waals surface area contributed by atoms with Crippen LogP contribution in [0, 0.1) is 0 Å². The third kappa shape index (κ3) is 1.76. The molecule has 4 aromatic heterocycles. The molecule has 4 nitrogen and oxygen atoms in total. The summed E-state index contributed by atoms with van der Waals surface area (Å²) in [5.74, 6) is 0. The first-order valence-electron chi connectivity index (χ1n) is 5.71. The molecule has 4 aromatic rings. The molecule has 19 heavy (non-hydrogen) atoms. The van der Waals surface area contributed by atoms with Gasteiger partial charge in [0.25, 0.3) is 0 Å². The van der Waals surface area contributed by atoms with Gasteiger partial charge in [0.15, 0.2) is 5.65 Å². The Kier molecular flexibility index (Phi) is 2.43. The minimum Gasteiger partial charge on any atom is -0.259 e. The largest absolute Gasteiger partial charge is 0.259 e. The van der Waals surface area contributed by atoms with Crippen molar-refractivity contribution in [2.24, 2.45) is 0 Å². The fraction of sp³-hybridized carbons (Fsp3) is 0. The number of hydrogen-bond acceptors (Lipinski definition) is 5. The zero-order valence-electron chi connectivity index (χ0n) is 9.70. The van der Waals surface area contributed by atoms with Crippen LogP contribution in [0.5, 0.6) is 0 Å². The van der Waals surface area contributed by atoms with Crippen LogP contribution >= 0.6 is 22.7 Å². The zero-order valence-corrected chi connectivity index (χ0v) is 11.3. The van der Waals surface area contributed by atoms with Gasteiger partial charge in [-0.2, -0.15) is 5.10 Å². The standard InChI is InChI=1S/C13H8N4S2/c1-3-9(18-5-1)11-12(10-4-2-6-19-10)16-13-8(15-11)7-14-17-13/h1-7H,(H,14,16,17). The fourth-order valence-corrected chi connectivity index (χ4v) is 3.38. The number of thiophene rings is 2. The molecule has 0 unspecified atom stereocenters. The van der Waals surface area contributed by atoms with Gasteiger partial charge in [0.2, 0.25) is 0 Å². The Morgan fingerprint density at radius 1 is 0.895 bits per heavy atom. The molecule has 0 saturated carbocycles. The highest BCUT2D eigenvalue weighted by molar-refractivity contribution is 7.14. The normalized spacial score (nSPS) is 11.2. The van der Waals surface area contributed by atoms with E-state index in [1.807, 2.05) is 17.5 Å². The third-order valence-corrected chi connectivity index (χ3v) is 4.54. The van der Waals surface area contributed by atoms with E-state index in [2.05, 4.69) is 32.7 Å². The highest BCUT2D eigenvalue weighted by atomic mass is 32.1. The molecule has 0 radical (unpaired) electrons. The van der Waals surface area contributed by atoms with Crippen LogP contribution in [-0.2, 0) is 0 Å². The van der Waals surface area contributed by atoms with Crippen molar-refractivity contribution in [3.05, 3.63) is 41.2 Å². The second-order valence-corrected chi connectivity index (χ2v) is 5.87. The summed E-state index contributed by atoms with van der Waals surface area (Å²) in [6, 6.07) is 8.18. The maximum absolute atomic E-state index is 4.69. The second-order valence-electron chi connectivity index (χ2n) is 3.98. The van der Waals surface area contributed by atoms with Crippen LogP contribution in [0.25, 0.3) is 32.3 Å². The van der Waals surface area contributed by atoms with Gasteiger partial charge in [-0.1, -0.05) is 12.1 Å². The highest BCUT2D eigenvalue weighted by Crippen LogP contribution is 2.34. The Bertz CT molecular complexity index is 747. The summed E-state index contributed by atoms with van der Waals surface area (Å²) in [5, 5.41) is 11.0. The highest BCUT2D eigenvalue weighted by Gasteiger charge is 2.15. The number of nitrogens with one attached hydrogen (secondary N) is 1. The average molecular weight is 284 g/mol. The molecule has 1 N–H and O–H groups in total. The molecule has 0 aliphatic heterocycles. The fourth-order valence-electron chi connectivity index (χ4n) is 1.95. The lowest BCUT2D eigenvalue weighted by Crippen LogP contribution is -1.91. The summed E-state index contributed by atoms with van der Waals surface area (Å²) in [6.07, 6.45) is 1.71. The third-order valence-electron chi connectivity index (χ3n) is 2.79. The predicted octanol–water partition coefficient (Wildman–Crippen LogP) is 3.81. The first-order chi connectivity index (χ1) is 9.42. The number of H-pyrrole nitrogens is 1. The summed E-state index contributed by atoms with van der Waals surface area (Å²) in [5.41, 5.74) is 3.35. The van der Waals surface area contributed by atoms with Gasteiger partial charge in [-0.15, -0.1) is 22.7 Å². The molecule has 0 saturated heterocycles. The number of hydrogen-bond donors (Lipinski definition) is 1. The molecule has 4 rings (SSSR count). The van der Waals surface area contributed by atoms with Crippen LogP contribution in [0.2, 0.25) is 0 Å². The molecule has 0 aliphatic carbocycles. The Balaban J connectivity index is 2.06. The molecule has 4 heterocycles. The molecule has 0 spiro atoms. The minimum atomic E-state index is 0.726. The van der Waals surface area contributed by atoms with Crippen molar-refractivity contribution in [2.75, 3.05) is 0 Å². The van der Waals surface area contributed by atoms with Gasteiger partial charge in [-0.05, 0) is 22.9 Å². The maximum Gasteiger partial charge on any atom is 0.174 e. The Morgan fingerprint density at radius 3 is 2.21 bits per heavy atom. The zero-order chi connectivity index (χ0) is 12.7. The predicted molar refractivity (Wildman–Crippen MR) is 78.3 cm³/mol. The Hall–Kier alpha value is -2.05. The summed E-state index contributed by atoms with van der Waals surface area (Å²) in [4.78, 5) is 11.6. The van der Waals surface area contributed by atoms with E-state index in [0.29, 0.717) is 0 Å². The number of fused-ring (bicyclic) bond motifs is 1. The first-order valence-corrected chi connectivity index (χ1v) is 7.46. The Morgan fingerprint density at radius 2 is 1.58 bits per heavy atom. The van der Waals surface area contributed by atoms with E-state index in [0.717, 1.165) is 32.3 Å². The quantitative estimate of drug-likeness (QED) is 0.609. The van der Waals surface area contributed by atoms with Crippen LogP contribution in [0.3, 0.4) is 0 Å². The molecule has 0 bridgehead atoms. The van der Waals surface area contributed by atoms with Crippen molar-refractivity contribution in [2.45, 2.75) is 0 Å². The smallest absolute Gasteiger partial charge is 0.174 e. The van der Waals surface area contributed by atoms with Gasteiger partial charge < -0.3 is 0 Å². The molecule has 0 atom stereocenters. The van der Waals surface area contributed by atoms with Crippen molar-refractivity contribution < 1.29 is 0 Å². The molecule has 6 heteroatoms. The van der Waals surface area contributed by atoms with Crippen molar-refractivity contribution in [3.8, 4) is 21.1 Å². The summed E-state index contributed by atoms with van der Waals surface area (Å²) >= 11 is 3.34. The summed E-state index contributed by atoms with van der Waals surface area (Å²) in [6.45, 7) is 0. The minimum absolute atomic E-state index is 0.726. The van der Waals surface area contributed by atoms with Crippen LogP contribution in [0.4, 0.5) is 0 Å². The van der Waals surface area contributed by atoms with E-state index in [9.17, 15) is 0 Å². The lowest BCUT2D eigenvalue weighted by molar-refractivity contribution is 1.10. The lowest BCUT2D eigenvalue weighted by Gasteiger charge is -2.04. The molecule has 0 amide bonds. The van der Waals surface area contributed by atoms with Crippen LogP contribution in [-0.4, -0.2) is 20.2 Å². The van der Waals surface area contributed by atoms with E-state index in [1.54, 1.807) is 28.9 Å². The molecule has 0 aliphatic rings. The van der Waals surface area contributed by atoms with Crippen LogP contribution < -0.4 is 0 Å². The van der Waals surface area contributed by atoms with Crippen molar-refractivity contribution in [1.82, 2.24) is 20.2 Å². The van der Waals surface area contributed by atoms with Gasteiger partial charge in [-0.3, -0.25) is 5.10 Å². The summed E-state index contributed by atoms with van der Waals surface area (Å²) < 4.78 is 0. The average Bonchev–Trinajstić information content (AvgIpc) is 3.18. The molecular formula is C13H8N4S2. The summed E-state index contributed by atoms with van der Waals surface area (Å²) in [7, 11) is 0. The Labute approximate surface area is 116 Å². The van der Waals surface area contributed by atoms with Crippen LogP contribution in [0.15, 0.2) is 41.2 Å². The van der Waals surface area contributed by atoms with Crippen LogP contribution in [0.1, 0.15) is 0 Å². The second kappa shape index (κ2) is 4.25. The SMILES string of the molecule is c1csc(-c2nc3cn[nH]c3nc2-c2cccs2)c1. The monoisotopic (exact) mass is 284 g/mol. The van der Waals surface area contributed by atoms with Crippen molar-refractivity contribution in [3.63, 3.8) is 0 Å². The number of aromatic nitrogens is 4. The van der Waals surface area contributed by atoms with E-state index < -0.39 is 0 Å². The molecule has 0 aromatic carbocycles. The van der Waals surface area contributed by atoms with Gasteiger partial charge in [0.05, 0.1) is 16.0 Å². The molecule has 0 fully saturated rings. The van der Waals surface area contributed by atoms with E-state index >= 15 is 0 Å². The van der Waals surface area contributed by atoms with E-state index in [1.165, 1.54) is 0 Å².